The average molecular weight is 250 g/mol. The van der Waals surface area contributed by atoms with Crippen molar-refractivity contribution < 1.29 is 0 Å². The lowest BCUT2D eigenvalue weighted by Crippen LogP contribution is -2.21. The van der Waals surface area contributed by atoms with Crippen molar-refractivity contribution in [3.8, 4) is 0 Å². The Morgan fingerprint density at radius 2 is 2.29 bits per heavy atom. The second-order valence-corrected chi connectivity index (χ2v) is 5.34. The molecule has 0 atom stereocenters. The van der Waals surface area contributed by atoms with E-state index in [1.165, 1.54) is 5.69 Å². The number of hydrogen-bond acceptors (Lipinski definition) is 4. The first-order chi connectivity index (χ1) is 8.15. The number of nitrogens with zero attached hydrogens (tertiary/aromatic N) is 3. The summed E-state index contributed by atoms with van der Waals surface area (Å²) in [4.78, 5) is 4.59. The monoisotopic (exact) mass is 250 g/mol. The predicted molar refractivity (Wildman–Crippen MR) is 70.2 cm³/mol. The summed E-state index contributed by atoms with van der Waals surface area (Å²) in [6.45, 7) is 7.95. The molecule has 4 nitrogen and oxygen atoms in total. The van der Waals surface area contributed by atoms with Crippen LogP contribution < -0.4 is 5.32 Å². The molecule has 1 N–H and O–H groups in total. The number of rotatable bonds is 5. The Balaban J connectivity index is 1.97. The molecule has 0 unspecified atom stereocenters. The van der Waals surface area contributed by atoms with Crippen LogP contribution in [-0.2, 0) is 13.1 Å². The SMILES string of the molecule is Cc1ccnn1Cc1csc(CNC(C)C)n1. The maximum absolute atomic E-state index is 4.59. The van der Waals surface area contributed by atoms with Crippen LogP contribution in [0.1, 0.15) is 30.2 Å². The molecule has 0 fully saturated rings. The molecule has 0 saturated heterocycles. The van der Waals surface area contributed by atoms with E-state index in [4.69, 9.17) is 0 Å². The number of aryl methyl sites for hydroxylation is 1. The smallest absolute Gasteiger partial charge is 0.107 e. The predicted octanol–water partition coefficient (Wildman–Crippen LogP) is 2.19. The minimum absolute atomic E-state index is 0.496. The standard InChI is InChI=1S/C12H18N4S/c1-9(2)13-6-12-15-11(8-17-12)7-16-10(3)4-5-14-16/h4-5,8-9,13H,6-7H2,1-3H3. The van der Waals surface area contributed by atoms with Crippen molar-refractivity contribution in [2.24, 2.45) is 0 Å². The normalized spacial score (nSPS) is 11.3. The lowest BCUT2D eigenvalue weighted by Gasteiger charge is -2.04. The van der Waals surface area contributed by atoms with Gasteiger partial charge in [0.15, 0.2) is 0 Å². The second kappa shape index (κ2) is 5.42. The summed E-state index contributed by atoms with van der Waals surface area (Å²) >= 11 is 1.70. The molecule has 0 amide bonds. The molecule has 0 radical (unpaired) electrons. The van der Waals surface area contributed by atoms with Crippen LogP contribution in [0.3, 0.4) is 0 Å². The lowest BCUT2D eigenvalue weighted by atomic mass is 10.4. The molecule has 0 aliphatic heterocycles. The highest BCUT2D eigenvalue weighted by atomic mass is 32.1. The van der Waals surface area contributed by atoms with Crippen molar-refractivity contribution in [3.05, 3.63) is 34.0 Å². The third kappa shape index (κ3) is 3.38. The van der Waals surface area contributed by atoms with Crippen molar-refractivity contribution >= 4 is 11.3 Å². The quantitative estimate of drug-likeness (QED) is 0.884. The molecular formula is C12H18N4S. The zero-order valence-corrected chi connectivity index (χ0v) is 11.3. The summed E-state index contributed by atoms with van der Waals surface area (Å²) in [5.74, 6) is 0. The molecule has 0 saturated carbocycles. The molecule has 2 aromatic heterocycles. The molecule has 0 aliphatic rings. The fraction of sp³-hybridized carbons (Fsp3) is 0.500. The minimum atomic E-state index is 0.496. The summed E-state index contributed by atoms with van der Waals surface area (Å²) in [5.41, 5.74) is 2.25. The molecule has 0 aromatic carbocycles. The maximum Gasteiger partial charge on any atom is 0.107 e. The third-order valence-corrected chi connectivity index (χ3v) is 3.40. The Bertz CT molecular complexity index is 472. The third-order valence-electron chi connectivity index (χ3n) is 2.50. The van der Waals surface area contributed by atoms with Crippen molar-refractivity contribution in [2.75, 3.05) is 0 Å². The summed E-state index contributed by atoms with van der Waals surface area (Å²) < 4.78 is 1.97. The van der Waals surface area contributed by atoms with Gasteiger partial charge in [-0.3, -0.25) is 4.68 Å². The van der Waals surface area contributed by atoms with E-state index in [0.717, 1.165) is 23.8 Å². The molecule has 2 heterocycles. The average Bonchev–Trinajstić information content (AvgIpc) is 2.87. The van der Waals surface area contributed by atoms with Crippen LogP contribution in [0.4, 0.5) is 0 Å². The van der Waals surface area contributed by atoms with Gasteiger partial charge in [0.05, 0.1) is 12.2 Å². The number of thiazole rings is 1. The Kier molecular flexibility index (Phi) is 3.91. The van der Waals surface area contributed by atoms with E-state index in [-0.39, 0.29) is 0 Å². The summed E-state index contributed by atoms with van der Waals surface area (Å²) in [6.07, 6.45) is 1.82. The van der Waals surface area contributed by atoms with E-state index in [0.29, 0.717) is 6.04 Å². The summed E-state index contributed by atoms with van der Waals surface area (Å²) in [7, 11) is 0. The van der Waals surface area contributed by atoms with Crippen molar-refractivity contribution in [1.82, 2.24) is 20.1 Å². The van der Waals surface area contributed by atoms with E-state index < -0.39 is 0 Å². The highest BCUT2D eigenvalue weighted by Gasteiger charge is 2.05. The molecule has 0 spiro atoms. The van der Waals surface area contributed by atoms with E-state index in [9.17, 15) is 0 Å². The van der Waals surface area contributed by atoms with Crippen LogP contribution in [0, 0.1) is 6.92 Å². The van der Waals surface area contributed by atoms with Gasteiger partial charge in [-0.15, -0.1) is 11.3 Å². The van der Waals surface area contributed by atoms with Crippen LogP contribution in [0.25, 0.3) is 0 Å². The van der Waals surface area contributed by atoms with Gasteiger partial charge in [0.25, 0.3) is 0 Å². The van der Waals surface area contributed by atoms with E-state index in [1.807, 2.05) is 16.9 Å². The molecule has 5 heteroatoms. The van der Waals surface area contributed by atoms with Gasteiger partial charge in [-0.1, -0.05) is 13.8 Å². The molecule has 2 aromatic rings. The number of hydrogen-bond donors (Lipinski definition) is 1. The Morgan fingerprint density at radius 1 is 1.47 bits per heavy atom. The van der Waals surface area contributed by atoms with Gasteiger partial charge < -0.3 is 5.32 Å². The number of nitrogens with one attached hydrogen (secondary N) is 1. The van der Waals surface area contributed by atoms with Gasteiger partial charge in [0.2, 0.25) is 0 Å². The topological polar surface area (TPSA) is 42.7 Å². The van der Waals surface area contributed by atoms with E-state index >= 15 is 0 Å². The van der Waals surface area contributed by atoms with E-state index in [2.05, 4.69) is 41.6 Å². The minimum Gasteiger partial charge on any atom is -0.308 e. The molecule has 92 valence electrons. The first-order valence-electron chi connectivity index (χ1n) is 5.80. The van der Waals surface area contributed by atoms with Gasteiger partial charge >= 0.3 is 0 Å². The lowest BCUT2D eigenvalue weighted by molar-refractivity contribution is 0.584. The summed E-state index contributed by atoms with van der Waals surface area (Å²) in [5, 5.41) is 10.9. The van der Waals surface area contributed by atoms with Crippen LogP contribution in [0.2, 0.25) is 0 Å². The first-order valence-corrected chi connectivity index (χ1v) is 6.68. The van der Waals surface area contributed by atoms with E-state index in [1.54, 1.807) is 11.3 Å². The van der Waals surface area contributed by atoms with Crippen LogP contribution in [0.5, 0.6) is 0 Å². The van der Waals surface area contributed by atoms with Gasteiger partial charge in [0, 0.05) is 29.9 Å². The first kappa shape index (κ1) is 12.3. The molecule has 2 rings (SSSR count). The second-order valence-electron chi connectivity index (χ2n) is 4.40. The van der Waals surface area contributed by atoms with Crippen molar-refractivity contribution in [3.63, 3.8) is 0 Å². The Labute approximate surface area is 106 Å². The Hall–Kier alpha value is -1.20. The fourth-order valence-corrected chi connectivity index (χ4v) is 2.25. The summed E-state index contributed by atoms with van der Waals surface area (Å²) in [6, 6.07) is 2.50. The van der Waals surface area contributed by atoms with Crippen molar-refractivity contribution in [1.29, 1.82) is 0 Å². The zero-order chi connectivity index (χ0) is 12.3. The van der Waals surface area contributed by atoms with Gasteiger partial charge in [0.1, 0.15) is 5.01 Å². The number of aromatic nitrogens is 3. The van der Waals surface area contributed by atoms with Crippen molar-refractivity contribution in [2.45, 2.75) is 39.9 Å². The molecule has 0 aliphatic carbocycles. The fourth-order valence-electron chi connectivity index (χ4n) is 1.51. The van der Waals surface area contributed by atoms with Gasteiger partial charge in [-0.2, -0.15) is 5.10 Å². The zero-order valence-electron chi connectivity index (χ0n) is 10.5. The van der Waals surface area contributed by atoms with Gasteiger partial charge in [-0.05, 0) is 13.0 Å². The molecule has 0 bridgehead atoms. The van der Waals surface area contributed by atoms with Crippen LogP contribution >= 0.6 is 11.3 Å². The molecular weight excluding hydrogens is 232 g/mol. The Morgan fingerprint density at radius 3 is 2.94 bits per heavy atom. The highest BCUT2D eigenvalue weighted by Crippen LogP contribution is 2.11. The highest BCUT2D eigenvalue weighted by molar-refractivity contribution is 7.09. The van der Waals surface area contributed by atoms with Crippen LogP contribution in [-0.4, -0.2) is 20.8 Å². The van der Waals surface area contributed by atoms with Crippen LogP contribution in [0.15, 0.2) is 17.6 Å². The maximum atomic E-state index is 4.59. The van der Waals surface area contributed by atoms with Gasteiger partial charge in [-0.25, -0.2) is 4.98 Å². The largest absolute Gasteiger partial charge is 0.308 e. The molecule has 17 heavy (non-hydrogen) atoms.